The molecule has 0 radical (unpaired) electrons. The first-order valence-electron chi connectivity index (χ1n) is 8.12. The van der Waals surface area contributed by atoms with Gasteiger partial charge in [0.1, 0.15) is 13.2 Å². The number of fused-ring (bicyclic) bond motifs is 1. The summed E-state index contributed by atoms with van der Waals surface area (Å²) in [7, 11) is 1.60. The van der Waals surface area contributed by atoms with Crippen molar-refractivity contribution in [2.75, 3.05) is 33.4 Å². The van der Waals surface area contributed by atoms with Gasteiger partial charge in [-0.3, -0.25) is 4.79 Å². The first-order valence-corrected chi connectivity index (χ1v) is 8.12. The second-order valence-electron chi connectivity index (χ2n) is 6.11. The highest BCUT2D eigenvalue weighted by Gasteiger charge is 2.20. The van der Waals surface area contributed by atoms with Crippen LogP contribution in [0.4, 0.5) is 0 Å². The van der Waals surface area contributed by atoms with Crippen molar-refractivity contribution in [1.29, 1.82) is 0 Å². The number of carbonyl (C=O) groups excluding carboxylic acids is 1. The van der Waals surface area contributed by atoms with E-state index >= 15 is 0 Å². The van der Waals surface area contributed by atoms with Crippen LogP contribution < -0.4 is 14.2 Å². The third-order valence-electron chi connectivity index (χ3n) is 4.24. The number of likely N-dealkylation sites (tertiary alicyclic amines) is 1. The Balaban J connectivity index is 1.75. The predicted molar refractivity (Wildman–Crippen MR) is 88.0 cm³/mol. The molecular formula is C18H23NO4. The van der Waals surface area contributed by atoms with Crippen LogP contribution in [0.2, 0.25) is 0 Å². The molecule has 1 unspecified atom stereocenters. The van der Waals surface area contributed by atoms with Gasteiger partial charge in [-0.05, 0) is 42.5 Å². The van der Waals surface area contributed by atoms with E-state index in [1.54, 1.807) is 13.2 Å². The van der Waals surface area contributed by atoms with Crippen LogP contribution in [-0.4, -0.2) is 44.2 Å². The quantitative estimate of drug-likeness (QED) is 0.804. The van der Waals surface area contributed by atoms with E-state index in [0.717, 1.165) is 25.1 Å². The smallest absolute Gasteiger partial charge is 0.246 e. The second-order valence-corrected chi connectivity index (χ2v) is 6.11. The van der Waals surface area contributed by atoms with E-state index in [4.69, 9.17) is 14.2 Å². The average molecular weight is 317 g/mol. The zero-order chi connectivity index (χ0) is 16.2. The fourth-order valence-electron chi connectivity index (χ4n) is 3.05. The molecule has 0 saturated carbocycles. The lowest BCUT2D eigenvalue weighted by Crippen LogP contribution is -2.38. The summed E-state index contributed by atoms with van der Waals surface area (Å²) in [6.07, 6.45) is 5.72. The average Bonchev–Trinajstić information content (AvgIpc) is 2.58. The number of piperidine rings is 1. The number of amides is 1. The molecule has 5 nitrogen and oxygen atoms in total. The Hall–Kier alpha value is -2.17. The SMILES string of the molecule is COc1cc(/C=C/C(=O)N2CCCC(C)C2)cc2c1OCCO2. The third kappa shape index (κ3) is 3.60. The summed E-state index contributed by atoms with van der Waals surface area (Å²) >= 11 is 0. The van der Waals surface area contributed by atoms with E-state index in [2.05, 4.69) is 6.92 Å². The van der Waals surface area contributed by atoms with E-state index in [0.29, 0.717) is 36.4 Å². The van der Waals surface area contributed by atoms with Gasteiger partial charge in [0.15, 0.2) is 11.5 Å². The summed E-state index contributed by atoms with van der Waals surface area (Å²) in [4.78, 5) is 14.2. The van der Waals surface area contributed by atoms with Gasteiger partial charge >= 0.3 is 0 Å². The first-order chi connectivity index (χ1) is 11.2. The Bertz CT molecular complexity index is 594. The minimum atomic E-state index is 0.0606. The Labute approximate surface area is 136 Å². The highest BCUT2D eigenvalue weighted by molar-refractivity contribution is 5.92. The molecule has 1 atom stereocenters. The number of hydrogen-bond donors (Lipinski definition) is 0. The monoisotopic (exact) mass is 317 g/mol. The molecule has 2 aliphatic heterocycles. The van der Waals surface area contributed by atoms with Crippen LogP contribution in [0.25, 0.3) is 6.08 Å². The number of carbonyl (C=O) groups is 1. The van der Waals surface area contributed by atoms with Crippen molar-refractivity contribution in [3.8, 4) is 17.2 Å². The lowest BCUT2D eigenvalue weighted by atomic mass is 10.0. The molecule has 0 bridgehead atoms. The van der Waals surface area contributed by atoms with E-state index in [-0.39, 0.29) is 5.91 Å². The van der Waals surface area contributed by atoms with Crippen molar-refractivity contribution < 1.29 is 19.0 Å². The van der Waals surface area contributed by atoms with Gasteiger partial charge in [-0.1, -0.05) is 6.92 Å². The van der Waals surface area contributed by atoms with Gasteiger partial charge in [0.25, 0.3) is 0 Å². The Morgan fingerprint density at radius 2 is 2.17 bits per heavy atom. The summed E-state index contributed by atoms with van der Waals surface area (Å²) in [5, 5.41) is 0. The van der Waals surface area contributed by atoms with Crippen LogP contribution in [0.3, 0.4) is 0 Å². The van der Waals surface area contributed by atoms with Gasteiger partial charge in [-0.15, -0.1) is 0 Å². The van der Waals surface area contributed by atoms with Crippen LogP contribution in [-0.2, 0) is 4.79 Å². The molecule has 1 amide bonds. The van der Waals surface area contributed by atoms with E-state index < -0.39 is 0 Å². The van der Waals surface area contributed by atoms with Crippen LogP contribution in [0.15, 0.2) is 18.2 Å². The maximum atomic E-state index is 12.3. The summed E-state index contributed by atoms with van der Waals surface area (Å²) < 4.78 is 16.5. The molecule has 2 aliphatic rings. The molecule has 0 spiro atoms. The summed E-state index contributed by atoms with van der Waals surface area (Å²) in [5.74, 6) is 2.56. The predicted octanol–water partition coefficient (Wildman–Crippen LogP) is 2.74. The number of ether oxygens (including phenoxy) is 3. The number of hydrogen-bond acceptors (Lipinski definition) is 4. The van der Waals surface area contributed by atoms with E-state index in [1.165, 1.54) is 6.42 Å². The highest BCUT2D eigenvalue weighted by atomic mass is 16.6. The maximum absolute atomic E-state index is 12.3. The van der Waals surface area contributed by atoms with Crippen molar-refractivity contribution in [2.45, 2.75) is 19.8 Å². The first kappa shape index (κ1) is 15.7. The van der Waals surface area contributed by atoms with Crippen LogP contribution in [0.5, 0.6) is 17.2 Å². The van der Waals surface area contributed by atoms with Crippen LogP contribution >= 0.6 is 0 Å². The number of nitrogens with zero attached hydrogens (tertiary/aromatic N) is 1. The molecule has 3 rings (SSSR count). The molecule has 1 fully saturated rings. The molecule has 124 valence electrons. The molecule has 2 heterocycles. The largest absolute Gasteiger partial charge is 0.493 e. The third-order valence-corrected chi connectivity index (χ3v) is 4.24. The normalized spacial score (nSPS) is 20.6. The molecule has 1 aromatic carbocycles. The van der Waals surface area contributed by atoms with E-state index in [1.807, 2.05) is 23.1 Å². The van der Waals surface area contributed by atoms with Crippen molar-refractivity contribution in [2.24, 2.45) is 5.92 Å². The van der Waals surface area contributed by atoms with E-state index in [9.17, 15) is 4.79 Å². The standard InChI is InChI=1S/C18H23NO4/c1-13-4-3-7-19(12-13)17(20)6-5-14-10-15(21-2)18-16(11-14)22-8-9-23-18/h5-6,10-11,13H,3-4,7-9,12H2,1-2H3/b6-5+. The van der Waals surface area contributed by atoms with Crippen molar-refractivity contribution in [1.82, 2.24) is 4.90 Å². The Kier molecular flexibility index (Phi) is 4.74. The van der Waals surface area contributed by atoms with Gasteiger partial charge < -0.3 is 19.1 Å². The number of benzene rings is 1. The number of methoxy groups -OCH3 is 1. The van der Waals surface area contributed by atoms with Crippen LogP contribution in [0.1, 0.15) is 25.3 Å². The molecule has 1 saturated heterocycles. The fraction of sp³-hybridized carbons (Fsp3) is 0.500. The summed E-state index contributed by atoms with van der Waals surface area (Å²) in [5.41, 5.74) is 0.865. The lowest BCUT2D eigenvalue weighted by Gasteiger charge is -2.30. The fourth-order valence-corrected chi connectivity index (χ4v) is 3.05. The van der Waals surface area contributed by atoms with Gasteiger partial charge in [-0.2, -0.15) is 0 Å². The summed E-state index contributed by atoms with van der Waals surface area (Å²) in [6, 6.07) is 3.73. The van der Waals surface area contributed by atoms with Gasteiger partial charge in [-0.25, -0.2) is 0 Å². The number of rotatable bonds is 3. The Morgan fingerprint density at radius 3 is 2.96 bits per heavy atom. The maximum Gasteiger partial charge on any atom is 0.246 e. The van der Waals surface area contributed by atoms with Gasteiger partial charge in [0, 0.05) is 19.2 Å². The molecule has 1 aromatic rings. The Morgan fingerprint density at radius 1 is 1.35 bits per heavy atom. The highest BCUT2D eigenvalue weighted by Crippen LogP contribution is 2.40. The minimum Gasteiger partial charge on any atom is -0.493 e. The molecule has 5 heteroatoms. The van der Waals surface area contributed by atoms with Gasteiger partial charge in [0.05, 0.1) is 7.11 Å². The lowest BCUT2D eigenvalue weighted by molar-refractivity contribution is -0.127. The zero-order valence-corrected chi connectivity index (χ0v) is 13.7. The van der Waals surface area contributed by atoms with Crippen molar-refractivity contribution >= 4 is 12.0 Å². The minimum absolute atomic E-state index is 0.0606. The topological polar surface area (TPSA) is 48.0 Å². The van der Waals surface area contributed by atoms with Crippen LogP contribution in [0, 0.1) is 5.92 Å². The summed E-state index contributed by atoms with van der Waals surface area (Å²) in [6.45, 7) is 4.92. The molecule has 23 heavy (non-hydrogen) atoms. The molecule has 0 aliphatic carbocycles. The van der Waals surface area contributed by atoms with Gasteiger partial charge in [0.2, 0.25) is 11.7 Å². The second kappa shape index (κ2) is 6.94. The zero-order valence-electron chi connectivity index (χ0n) is 13.7. The molecule has 0 aromatic heterocycles. The molecule has 0 N–H and O–H groups in total. The molecular weight excluding hydrogens is 294 g/mol. The van der Waals surface area contributed by atoms with Crippen molar-refractivity contribution in [3.63, 3.8) is 0 Å². The van der Waals surface area contributed by atoms with Crippen molar-refractivity contribution in [3.05, 3.63) is 23.8 Å².